The fourth-order valence-corrected chi connectivity index (χ4v) is 2.17. The maximum atomic E-state index is 12.1. The SMILES string of the molecule is CCOC(=O)C(N=CC=Cc1ccccc1)C1(C)OCCO1. The van der Waals surface area contributed by atoms with Crippen molar-refractivity contribution >= 4 is 18.3 Å². The van der Waals surface area contributed by atoms with Crippen molar-refractivity contribution in [2.45, 2.75) is 25.7 Å². The number of esters is 1. The minimum Gasteiger partial charge on any atom is -0.464 e. The molecule has 5 heteroatoms. The van der Waals surface area contributed by atoms with Crippen LogP contribution in [0.3, 0.4) is 0 Å². The molecule has 0 radical (unpaired) electrons. The zero-order chi connectivity index (χ0) is 15.8. The lowest BCUT2D eigenvalue weighted by Crippen LogP contribution is -2.45. The number of nitrogens with zero attached hydrogens (tertiary/aromatic N) is 1. The third-order valence-electron chi connectivity index (χ3n) is 3.28. The second kappa shape index (κ2) is 7.87. The van der Waals surface area contributed by atoms with E-state index >= 15 is 0 Å². The van der Waals surface area contributed by atoms with Crippen LogP contribution >= 0.6 is 0 Å². The Bertz CT molecular complexity index is 533. The van der Waals surface area contributed by atoms with E-state index in [-0.39, 0.29) is 0 Å². The minimum absolute atomic E-state index is 0.292. The van der Waals surface area contributed by atoms with Gasteiger partial charge in [0.15, 0.2) is 5.79 Å². The monoisotopic (exact) mass is 303 g/mol. The molecule has 0 spiro atoms. The van der Waals surface area contributed by atoms with Gasteiger partial charge >= 0.3 is 5.97 Å². The topological polar surface area (TPSA) is 57.1 Å². The van der Waals surface area contributed by atoms with Crippen LogP contribution in [-0.4, -0.2) is 43.8 Å². The highest BCUT2D eigenvalue weighted by molar-refractivity contribution is 5.83. The molecule has 1 atom stereocenters. The Labute approximate surface area is 130 Å². The normalized spacial score (nSPS) is 18.8. The van der Waals surface area contributed by atoms with Gasteiger partial charge in [-0.15, -0.1) is 0 Å². The van der Waals surface area contributed by atoms with E-state index in [1.807, 2.05) is 36.4 Å². The van der Waals surface area contributed by atoms with E-state index in [2.05, 4.69) is 4.99 Å². The molecule has 0 N–H and O–H groups in total. The van der Waals surface area contributed by atoms with Crippen LogP contribution in [0.1, 0.15) is 19.4 Å². The van der Waals surface area contributed by atoms with Gasteiger partial charge in [-0.05, 0) is 25.5 Å². The molecule has 118 valence electrons. The first-order valence-electron chi connectivity index (χ1n) is 7.35. The first-order valence-corrected chi connectivity index (χ1v) is 7.35. The number of benzene rings is 1. The summed E-state index contributed by atoms with van der Waals surface area (Å²) in [6.07, 6.45) is 5.26. The van der Waals surface area contributed by atoms with Crippen molar-refractivity contribution in [2.75, 3.05) is 19.8 Å². The van der Waals surface area contributed by atoms with Crippen molar-refractivity contribution < 1.29 is 19.0 Å². The van der Waals surface area contributed by atoms with E-state index in [1.54, 1.807) is 26.1 Å². The summed E-state index contributed by atoms with van der Waals surface area (Å²) < 4.78 is 16.1. The molecule has 0 aliphatic carbocycles. The van der Waals surface area contributed by atoms with E-state index < -0.39 is 17.8 Å². The third-order valence-corrected chi connectivity index (χ3v) is 3.28. The molecule has 1 aromatic carbocycles. The first-order chi connectivity index (χ1) is 10.7. The van der Waals surface area contributed by atoms with Crippen molar-refractivity contribution in [1.82, 2.24) is 0 Å². The number of aliphatic imine (C=N–C) groups is 1. The van der Waals surface area contributed by atoms with Gasteiger partial charge in [-0.2, -0.15) is 0 Å². The van der Waals surface area contributed by atoms with Gasteiger partial charge in [-0.25, -0.2) is 4.79 Å². The Morgan fingerprint density at radius 3 is 2.68 bits per heavy atom. The number of ether oxygens (including phenoxy) is 3. The maximum Gasteiger partial charge on any atom is 0.336 e. The average Bonchev–Trinajstić information content (AvgIpc) is 2.96. The second-order valence-electron chi connectivity index (χ2n) is 4.94. The molecule has 1 fully saturated rings. The van der Waals surface area contributed by atoms with E-state index in [4.69, 9.17) is 14.2 Å². The summed E-state index contributed by atoms with van der Waals surface area (Å²) in [5.74, 6) is -1.51. The zero-order valence-corrected chi connectivity index (χ0v) is 12.9. The molecule has 0 bridgehead atoms. The predicted octanol–water partition coefficient (Wildman–Crippen LogP) is 2.47. The van der Waals surface area contributed by atoms with E-state index in [0.29, 0.717) is 19.8 Å². The number of hydrogen-bond donors (Lipinski definition) is 0. The zero-order valence-electron chi connectivity index (χ0n) is 12.9. The van der Waals surface area contributed by atoms with Gasteiger partial charge in [0.05, 0.1) is 19.8 Å². The Kier molecular flexibility index (Phi) is 5.86. The number of carbonyl (C=O) groups is 1. The van der Waals surface area contributed by atoms with Crippen molar-refractivity contribution in [1.29, 1.82) is 0 Å². The van der Waals surface area contributed by atoms with Gasteiger partial charge in [-0.1, -0.05) is 36.4 Å². The van der Waals surface area contributed by atoms with Crippen LogP contribution in [0.5, 0.6) is 0 Å². The van der Waals surface area contributed by atoms with Crippen LogP contribution in [-0.2, 0) is 19.0 Å². The third kappa shape index (κ3) is 4.26. The van der Waals surface area contributed by atoms with Crippen LogP contribution in [0.2, 0.25) is 0 Å². The molecule has 1 heterocycles. The van der Waals surface area contributed by atoms with E-state index in [1.165, 1.54) is 0 Å². The highest BCUT2D eigenvalue weighted by atomic mass is 16.7. The predicted molar refractivity (Wildman–Crippen MR) is 84.7 cm³/mol. The van der Waals surface area contributed by atoms with Crippen LogP contribution in [0.4, 0.5) is 0 Å². The standard InChI is InChI=1S/C17H21NO4/c1-3-20-16(19)15(17(2)21-12-13-22-17)18-11-7-10-14-8-5-4-6-9-14/h4-11,15H,3,12-13H2,1-2H3. The summed E-state index contributed by atoms with van der Waals surface area (Å²) in [6.45, 7) is 4.65. The number of rotatable bonds is 6. The van der Waals surface area contributed by atoms with Crippen LogP contribution in [0, 0.1) is 0 Å². The van der Waals surface area contributed by atoms with Crippen LogP contribution in [0.25, 0.3) is 6.08 Å². The molecule has 22 heavy (non-hydrogen) atoms. The van der Waals surface area contributed by atoms with Gasteiger partial charge in [0.2, 0.25) is 6.04 Å². The Hall–Kier alpha value is -1.98. The molecule has 2 rings (SSSR count). The highest BCUT2D eigenvalue weighted by Gasteiger charge is 2.45. The molecule has 1 aliphatic heterocycles. The summed E-state index contributed by atoms with van der Waals surface area (Å²) in [7, 11) is 0. The molecular formula is C17H21NO4. The van der Waals surface area contributed by atoms with Crippen molar-refractivity contribution in [3.05, 3.63) is 42.0 Å². The summed E-state index contributed by atoms with van der Waals surface area (Å²) in [4.78, 5) is 16.4. The Balaban J connectivity index is 2.07. The van der Waals surface area contributed by atoms with Gasteiger partial charge in [-0.3, -0.25) is 4.99 Å². The Morgan fingerprint density at radius 1 is 1.36 bits per heavy atom. The van der Waals surface area contributed by atoms with Gasteiger partial charge in [0.1, 0.15) is 0 Å². The minimum atomic E-state index is -1.07. The van der Waals surface area contributed by atoms with Gasteiger partial charge in [0.25, 0.3) is 0 Å². The molecule has 1 aromatic rings. The van der Waals surface area contributed by atoms with E-state index in [9.17, 15) is 4.79 Å². The molecule has 1 aliphatic rings. The molecule has 1 saturated heterocycles. The fraction of sp³-hybridized carbons (Fsp3) is 0.412. The molecule has 0 aromatic heterocycles. The number of hydrogen-bond acceptors (Lipinski definition) is 5. The first kappa shape index (κ1) is 16.4. The van der Waals surface area contributed by atoms with Gasteiger partial charge < -0.3 is 14.2 Å². The lowest BCUT2D eigenvalue weighted by atomic mass is 10.1. The molecule has 0 amide bonds. The van der Waals surface area contributed by atoms with Crippen LogP contribution in [0.15, 0.2) is 41.4 Å². The molecule has 5 nitrogen and oxygen atoms in total. The lowest BCUT2D eigenvalue weighted by molar-refractivity contribution is -0.181. The summed E-state index contributed by atoms with van der Waals surface area (Å²) >= 11 is 0. The largest absolute Gasteiger partial charge is 0.464 e. The van der Waals surface area contributed by atoms with Gasteiger partial charge in [0, 0.05) is 6.21 Å². The smallest absolute Gasteiger partial charge is 0.336 e. The fourth-order valence-electron chi connectivity index (χ4n) is 2.17. The lowest BCUT2D eigenvalue weighted by Gasteiger charge is -2.27. The van der Waals surface area contributed by atoms with Crippen LogP contribution < -0.4 is 0 Å². The molecule has 1 unspecified atom stereocenters. The van der Waals surface area contributed by atoms with E-state index in [0.717, 1.165) is 5.56 Å². The number of carbonyl (C=O) groups excluding carboxylic acids is 1. The summed E-state index contributed by atoms with van der Waals surface area (Å²) in [5.41, 5.74) is 1.06. The van der Waals surface area contributed by atoms with Crippen molar-refractivity contribution in [3.63, 3.8) is 0 Å². The van der Waals surface area contributed by atoms with Crippen molar-refractivity contribution in [2.24, 2.45) is 4.99 Å². The number of allylic oxidation sites excluding steroid dienone is 1. The highest BCUT2D eigenvalue weighted by Crippen LogP contribution is 2.26. The molecule has 0 saturated carbocycles. The maximum absolute atomic E-state index is 12.1. The quantitative estimate of drug-likeness (QED) is 0.598. The summed E-state index contributed by atoms with van der Waals surface area (Å²) in [6, 6.07) is 9.00. The molecular weight excluding hydrogens is 282 g/mol. The average molecular weight is 303 g/mol. The summed E-state index contributed by atoms with van der Waals surface area (Å²) in [5, 5.41) is 0. The Morgan fingerprint density at radius 2 is 2.05 bits per heavy atom. The van der Waals surface area contributed by atoms with Crippen molar-refractivity contribution in [3.8, 4) is 0 Å². The second-order valence-corrected chi connectivity index (χ2v) is 4.94.